The second-order valence-corrected chi connectivity index (χ2v) is 8.06. The molecular weight excluding hydrogens is 390 g/mol. The second-order valence-electron chi connectivity index (χ2n) is 6.04. The van der Waals surface area contributed by atoms with Crippen LogP contribution in [-0.4, -0.2) is 49.9 Å². The van der Waals surface area contributed by atoms with Gasteiger partial charge in [-0.05, 0) is 30.3 Å². The minimum atomic E-state index is -4.10. The second kappa shape index (κ2) is 8.03. The van der Waals surface area contributed by atoms with E-state index in [0.717, 1.165) is 16.4 Å². The van der Waals surface area contributed by atoms with E-state index in [1.807, 2.05) is 0 Å². The van der Waals surface area contributed by atoms with E-state index in [1.54, 1.807) is 36.3 Å². The fourth-order valence-corrected chi connectivity index (χ4v) is 3.66. The lowest BCUT2D eigenvalue weighted by Crippen LogP contribution is -2.35. The third-order valence-corrected chi connectivity index (χ3v) is 5.98. The number of hydrogen-bond acceptors (Lipinski definition) is 6. The molecule has 0 radical (unpaired) electrons. The number of furan rings is 1. The molecule has 0 unspecified atom stereocenters. The highest BCUT2D eigenvalue weighted by atomic mass is 32.2. The van der Waals surface area contributed by atoms with E-state index < -0.39 is 26.6 Å². The van der Waals surface area contributed by atoms with Crippen LogP contribution >= 0.6 is 0 Å². The first-order valence-corrected chi connectivity index (χ1v) is 9.72. The van der Waals surface area contributed by atoms with Gasteiger partial charge in [-0.1, -0.05) is 0 Å². The van der Waals surface area contributed by atoms with Gasteiger partial charge in [0, 0.05) is 39.4 Å². The number of nitrogens with zero attached hydrogens (tertiary/aromatic N) is 4. The fourth-order valence-electron chi connectivity index (χ4n) is 2.46. The van der Waals surface area contributed by atoms with Gasteiger partial charge in [-0.15, -0.1) is 0 Å². The lowest BCUT2D eigenvalue weighted by Gasteiger charge is -2.22. The molecule has 3 aromatic rings. The number of rotatable bonds is 7. The van der Waals surface area contributed by atoms with Crippen LogP contribution in [0.25, 0.3) is 11.5 Å². The molecule has 0 saturated heterocycles. The molecule has 0 amide bonds. The summed E-state index contributed by atoms with van der Waals surface area (Å²) in [6.45, 7) is 0.296. The van der Waals surface area contributed by atoms with E-state index in [4.69, 9.17) is 4.42 Å². The topological polar surface area (TPSA) is 79.5 Å². The Labute approximate surface area is 161 Å². The first-order valence-electron chi connectivity index (χ1n) is 8.28. The Morgan fingerprint density at radius 2 is 1.89 bits per heavy atom. The van der Waals surface area contributed by atoms with E-state index in [0.29, 0.717) is 23.5 Å². The molecule has 148 valence electrons. The maximum atomic E-state index is 13.9. The number of anilines is 1. The van der Waals surface area contributed by atoms with Crippen molar-refractivity contribution in [3.8, 4) is 11.5 Å². The van der Waals surface area contributed by atoms with Crippen molar-refractivity contribution in [3.63, 3.8) is 0 Å². The van der Waals surface area contributed by atoms with Crippen molar-refractivity contribution in [2.24, 2.45) is 0 Å². The number of benzene rings is 1. The summed E-state index contributed by atoms with van der Waals surface area (Å²) in [5.41, 5.74) is 0.594. The zero-order valence-electron chi connectivity index (χ0n) is 15.2. The van der Waals surface area contributed by atoms with Crippen molar-refractivity contribution in [3.05, 3.63) is 60.5 Å². The van der Waals surface area contributed by atoms with Crippen molar-refractivity contribution in [2.45, 2.75) is 4.90 Å². The summed E-state index contributed by atoms with van der Waals surface area (Å²) in [6, 6.07) is 7.57. The van der Waals surface area contributed by atoms with Gasteiger partial charge in [0.15, 0.2) is 5.76 Å². The fraction of sp³-hybridized carbons (Fsp3) is 0.222. The summed E-state index contributed by atoms with van der Waals surface area (Å²) in [7, 11) is -1.06. The molecule has 0 aliphatic carbocycles. The first kappa shape index (κ1) is 19.9. The smallest absolute Gasteiger partial charge is 0.245 e. The van der Waals surface area contributed by atoms with Crippen molar-refractivity contribution in [1.29, 1.82) is 0 Å². The van der Waals surface area contributed by atoms with E-state index in [9.17, 15) is 17.2 Å². The Morgan fingerprint density at radius 3 is 2.57 bits per heavy atom. The molecule has 2 aromatic heterocycles. The van der Waals surface area contributed by atoms with Crippen LogP contribution in [0.2, 0.25) is 0 Å². The Kier molecular flexibility index (Phi) is 5.71. The number of likely N-dealkylation sites (N-methyl/N-ethyl adjacent to an activating group) is 2. The van der Waals surface area contributed by atoms with Gasteiger partial charge in [-0.3, -0.25) is 0 Å². The van der Waals surface area contributed by atoms with Gasteiger partial charge in [0.1, 0.15) is 22.2 Å². The predicted molar refractivity (Wildman–Crippen MR) is 99.2 cm³/mol. The predicted octanol–water partition coefficient (Wildman–Crippen LogP) is 2.77. The highest BCUT2D eigenvalue weighted by Gasteiger charge is 2.25. The molecule has 0 spiro atoms. The maximum Gasteiger partial charge on any atom is 0.245 e. The van der Waals surface area contributed by atoms with Gasteiger partial charge < -0.3 is 9.32 Å². The zero-order chi connectivity index (χ0) is 20.3. The largest absolute Gasteiger partial charge is 0.463 e. The van der Waals surface area contributed by atoms with E-state index in [1.165, 1.54) is 13.3 Å². The third kappa shape index (κ3) is 4.18. The SMILES string of the molecule is CN(CCN(C)S(=O)(=O)c1ccc(F)cc1F)c1nccc(-c2ccco2)n1. The van der Waals surface area contributed by atoms with Crippen LogP contribution in [0.1, 0.15) is 0 Å². The Morgan fingerprint density at radius 1 is 1.11 bits per heavy atom. The van der Waals surface area contributed by atoms with Crippen molar-refractivity contribution >= 4 is 16.0 Å². The molecule has 2 heterocycles. The average Bonchev–Trinajstić information content (AvgIpc) is 3.20. The molecule has 10 heteroatoms. The Balaban J connectivity index is 1.70. The number of aromatic nitrogens is 2. The molecule has 0 saturated carbocycles. The van der Waals surface area contributed by atoms with Gasteiger partial charge in [-0.2, -0.15) is 4.31 Å². The minimum Gasteiger partial charge on any atom is -0.463 e. The molecule has 3 rings (SSSR count). The maximum absolute atomic E-state index is 13.9. The standard InChI is InChI=1S/C18H18F2N4O3S/c1-23(18-21-8-7-15(22-18)16-4-3-11-27-16)9-10-24(2)28(25,26)17-6-5-13(19)12-14(17)20/h3-8,11-12H,9-10H2,1-2H3. The first-order chi connectivity index (χ1) is 13.3. The van der Waals surface area contributed by atoms with Crippen molar-refractivity contribution in [2.75, 3.05) is 32.1 Å². The minimum absolute atomic E-state index is 0.0456. The quantitative estimate of drug-likeness (QED) is 0.598. The van der Waals surface area contributed by atoms with Crippen molar-refractivity contribution in [1.82, 2.24) is 14.3 Å². The van der Waals surface area contributed by atoms with Crippen LogP contribution in [0.15, 0.2) is 58.2 Å². The molecule has 0 atom stereocenters. The molecule has 0 aliphatic heterocycles. The van der Waals surface area contributed by atoms with Gasteiger partial charge in [0.25, 0.3) is 0 Å². The highest BCUT2D eigenvalue weighted by Crippen LogP contribution is 2.20. The molecule has 1 aromatic carbocycles. The molecular formula is C18H18F2N4O3S. The third-order valence-electron chi connectivity index (χ3n) is 4.09. The molecule has 7 nitrogen and oxygen atoms in total. The van der Waals surface area contributed by atoms with Crippen LogP contribution in [0.4, 0.5) is 14.7 Å². The van der Waals surface area contributed by atoms with Crippen LogP contribution in [-0.2, 0) is 10.0 Å². The van der Waals surface area contributed by atoms with Crippen LogP contribution < -0.4 is 4.90 Å². The Hall–Kier alpha value is -2.85. The van der Waals surface area contributed by atoms with Gasteiger partial charge in [-0.25, -0.2) is 27.2 Å². The molecule has 28 heavy (non-hydrogen) atoms. The van der Waals surface area contributed by atoms with E-state index >= 15 is 0 Å². The van der Waals surface area contributed by atoms with Crippen LogP contribution in [0.3, 0.4) is 0 Å². The summed E-state index contributed by atoms with van der Waals surface area (Å²) in [6.07, 6.45) is 3.11. The van der Waals surface area contributed by atoms with Gasteiger partial charge in [0.2, 0.25) is 16.0 Å². The van der Waals surface area contributed by atoms with E-state index in [2.05, 4.69) is 9.97 Å². The number of hydrogen-bond donors (Lipinski definition) is 0. The van der Waals surface area contributed by atoms with E-state index in [-0.39, 0.29) is 13.1 Å². The summed E-state index contributed by atoms with van der Waals surface area (Å²) in [5.74, 6) is -1.00. The molecule has 0 fully saturated rings. The summed E-state index contributed by atoms with van der Waals surface area (Å²) in [5, 5.41) is 0. The monoisotopic (exact) mass is 408 g/mol. The highest BCUT2D eigenvalue weighted by molar-refractivity contribution is 7.89. The lowest BCUT2D eigenvalue weighted by molar-refractivity contribution is 0.464. The number of sulfonamides is 1. The van der Waals surface area contributed by atoms with Crippen LogP contribution in [0, 0.1) is 11.6 Å². The molecule has 0 aliphatic rings. The van der Waals surface area contributed by atoms with Gasteiger partial charge in [0.05, 0.1) is 6.26 Å². The van der Waals surface area contributed by atoms with Crippen LogP contribution in [0.5, 0.6) is 0 Å². The zero-order valence-corrected chi connectivity index (χ0v) is 16.0. The lowest BCUT2D eigenvalue weighted by atomic mass is 10.3. The van der Waals surface area contributed by atoms with Crippen molar-refractivity contribution < 1.29 is 21.6 Å². The number of halogens is 2. The summed E-state index contributed by atoms with van der Waals surface area (Å²) >= 11 is 0. The summed E-state index contributed by atoms with van der Waals surface area (Å²) in [4.78, 5) is 9.66. The normalized spacial score (nSPS) is 11.8. The average molecular weight is 408 g/mol. The van der Waals surface area contributed by atoms with Gasteiger partial charge >= 0.3 is 0 Å². The summed E-state index contributed by atoms with van der Waals surface area (Å²) < 4.78 is 58.3. The molecule has 0 bridgehead atoms. The molecule has 0 N–H and O–H groups in total. The Bertz CT molecular complexity index is 1060.